The molecule has 1 heterocycles. The number of rotatable bonds is 5. The maximum Gasteiger partial charge on any atom is 0.312 e. The summed E-state index contributed by atoms with van der Waals surface area (Å²) in [6, 6.07) is 8.17. The molecule has 3 rings (SSSR count). The number of benzene rings is 1. The van der Waals surface area contributed by atoms with Gasteiger partial charge >= 0.3 is 5.97 Å². The van der Waals surface area contributed by atoms with Gasteiger partial charge in [0.2, 0.25) is 0 Å². The van der Waals surface area contributed by atoms with E-state index in [9.17, 15) is 18.7 Å². The summed E-state index contributed by atoms with van der Waals surface area (Å²) in [7, 11) is 0. The quantitative estimate of drug-likeness (QED) is 0.788. The third-order valence-corrected chi connectivity index (χ3v) is 6.57. The summed E-state index contributed by atoms with van der Waals surface area (Å²) < 4.78 is 21.7. The molecule has 0 aromatic heterocycles. The van der Waals surface area contributed by atoms with Crippen LogP contribution >= 0.6 is 0 Å². The third kappa shape index (κ3) is 2.96. The molecule has 1 saturated heterocycles. The molecule has 24 heavy (non-hydrogen) atoms. The van der Waals surface area contributed by atoms with E-state index in [-0.39, 0.29) is 0 Å². The van der Waals surface area contributed by atoms with Crippen LogP contribution in [-0.4, -0.2) is 56.3 Å². The highest BCUT2D eigenvalue weighted by Gasteiger charge is 2.55. The number of para-hydroxylation sites is 1. The maximum absolute atomic E-state index is 11.9. The highest BCUT2D eigenvalue weighted by atomic mass is 32.2. The van der Waals surface area contributed by atoms with E-state index in [0.717, 1.165) is 19.5 Å². The summed E-state index contributed by atoms with van der Waals surface area (Å²) in [6.45, 7) is 4.73. The molecule has 1 aliphatic carbocycles. The van der Waals surface area contributed by atoms with Crippen LogP contribution in [0.25, 0.3) is 0 Å². The fourth-order valence-corrected chi connectivity index (χ4v) is 5.10. The molecule has 2 unspecified atom stereocenters. The molecule has 0 radical (unpaired) electrons. The van der Waals surface area contributed by atoms with Crippen molar-refractivity contribution in [1.82, 2.24) is 4.90 Å². The predicted molar refractivity (Wildman–Crippen MR) is 93.4 cm³/mol. The Labute approximate surface area is 144 Å². The SMILES string of the molecule is Cc1ccccc1N1CCN(C(S(=O)O)C2(C(=O)O)CCC2)CC1. The molecule has 132 valence electrons. The third-order valence-electron chi connectivity index (χ3n) is 5.44. The van der Waals surface area contributed by atoms with E-state index < -0.39 is 27.8 Å². The highest BCUT2D eigenvalue weighted by Crippen LogP contribution is 2.47. The van der Waals surface area contributed by atoms with Gasteiger partial charge in [-0.15, -0.1) is 0 Å². The van der Waals surface area contributed by atoms with Crippen LogP contribution in [0.5, 0.6) is 0 Å². The van der Waals surface area contributed by atoms with Crippen LogP contribution in [0.2, 0.25) is 0 Å². The van der Waals surface area contributed by atoms with Crippen LogP contribution in [0.1, 0.15) is 24.8 Å². The van der Waals surface area contributed by atoms with Gasteiger partial charge in [0.15, 0.2) is 11.1 Å². The Morgan fingerprint density at radius 2 is 1.83 bits per heavy atom. The van der Waals surface area contributed by atoms with Crippen LogP contribution in [-0.2, 0) is 15.9 Å². The molecule has 1 aromatic carbocycles. The first-order valence-electron chi connectivity index (χ1n) is 8.33. The second-order valence-electron chi connectivity index (χ2n) is 6.75. The largest absolute Gasteiger partial charge is 0.481 e. The molecule has 2 N–H and O–H groups in total. The zero-order valence-electron chi connectivity index (χ0n) is 13.9. The number of nitrogens with zero attached hydrogens (tertiary/aromatic N) is 2. The lowest BCUT2D eigenvalue weighted by Crippen LogP contribution is -2.61. The van der Waals surface area contributed by atoms with Gasteiger partial charge in [-0.2, -0.15) is 0 Å². The van der Waals surface area contributed by atoms with Crippen molar-refractivity contribution in [2.45, 2.75) is 31.6 Å². The standard InChI is InChI=1S/C17H24N2O4S/c1-13-5-2-3-6-14(13)18-9-11-19(12-10-18)15(24(22)23)17(16(20)21)7-4-8-17/h2-3,5-6,15H,4,7-12H2,1H3,(H,20,21)(H,22,23). The first-order chi connectivity index (χ1) is 11.5. The Kier molecular flexibility index (Phi) is 4.94. The topological polar surface area (TPSA) is 81.1 Å². The van der Waals surface area contributed by atoms with E-state index in [4.69, 9.17) is 0 Å². The molecule has 0 spiro atoms. The minimum Gasteiger partial charge on any atom is -0.481 e. The summed E-state index contributed by atoms with van der Waals surface area (Å²) in [5, 5.41) is 8.80. The normalized spacial score (nSPS) is 23.3. The van der Waals surface area contributed by atoms with Crippen molar-refractivity contribution in [3.8, 4) is 0 Å². The Hall–Kier alpha value is -1.44. The molecular weight excluding hydrogens is 328 g/mol. The minimum absolute atomic E-state index is 0.483. The van der Waals surface area contributed by atoms with Crippen molar-refractivity contribution >= 4 is 22.7 Å². The number of carbonyl (C=O) groups is 1. The number of aryl methyl sites for hydroxylation is 1. The van der Waals surface area contributed by atoms with E-state index >= 15 is 0 Å². The average molecular weight is 352 g/mol. The molecule has 1 aliphatic heterocycles. The van der Waals surface area contributed by atoms with Gasteiger partial charge in [0, 0.05) is 31.9 Å². The Balaban J connectivity index is 1.74. The van der Waals surface area contributed by atoms with Crippen LogP contribution < -0.4 is 4.90 Å². The van der Waals surface area contributed by atoms with Gasteiger partial charge in [0.05, 0.1) is 5.41 Å². The fourth-order valence-electron chi connectivity index (χ4n) is 3.91. The molecule has 1 saturated carbocycles. The summed E-state index contributed by atoms with van der Waals surface area (Å²) in [5.74, 6) is -0.942. The summed E-state index contributed by atoms with van der Waals surface area (Å²) in [5.41, 5.74) is 1.31. The van der Waals surface area contributed by atoms with Crippen molar-refractivity contribution < 1.29 is 18.7 Å². The molecule has 0 bridgehead atoms. The van der Waals surface area contributed by atoms with E-state index in [1.807, 2.05) is 17.0 Å². The van der Waals surface area contributed by atoms with E-state index in [1.165, 1.54) is 11.3 Å². The number of anilines is 1. The Bertz CT molecular complexity index is 639. The minimum atomic E-state index is -2.17. The molecule has 2 atom stereocenters. The van der Waals surface area contributed by atoms with Gasteiger partial charge in [-0.3, -0.25) is 9.69 Å². The van der Waals surface area contributed by atoms with E-state index in [0.29, 0.717) is 25.9 Å². The maximum atomic E-state index is 11.9. The lowest BCUT2D eigenvalue weighted by Gasteiger charge is -2.49. The zero-order valence-corrected chi connectivity index (χ0v) is 14.7. The van der Waals surface area contributed by atoms with Crippen molar-refractivity contribution in [2.24, 2.45) is 5.41 Å². The van der Waals surface area contributed by atoms with Crippen LogP contribution in [0.15, 0.2) is 24.3 Å². The number of hydrogen-bond acceptors (Lipinski definition) is 4. The number of aliphatic carboxylic acids is 1. The molecule has 6 nitrogen and oxygen atoms in total. The smallest absolute Gasteiger partial charge is 0.312 e. The first kappa shape index (κ1) is 17.4. The van der Waals surface area contributed by atoms with Crippen molar-refractivity contribution in [1.29, 1.82) is 0 Å². The molecule has 2 fully saturated rings. The lowest BCUT2D eigenvalue weighted by atomic mass is 9.68. The molecule has 7 heteroatoms. The molecule has 1 aromatic rings. The molecule has 0 amide bonds. The monoisotopic (exact) mass is 352 g/mol. The van der Waals surface area contributed by atoms with Gasteiger partial charge in [0.1, 0.15) is 5.37 Å². The summed E-state index contributed by atoms with van der Waals surface area (Å²) in [6.07, 6.45) is 1.78. The number of piperazine rings is 1. The Morgan fingerprint density at radius 1 is 1.21 bits per heavy atom. The zero-order chi connectivity index (χ0) is 17.3. The van der Waals surface area contributed by atoms with E-state index in [1.54, 1.807) is 0 Å². The first-order valence-corrected chi connectivity index (χ1v) is 9.50. The second kappa shape index (κ2) is 6.82. The summed E-state index contributed by atoms with van der Waals surface area (Å²) in [4.78, 5) is 15.9. The second-order valence-corrected chi connectivity index (χ2v) is 7.75. The number of carboxylic acid groups (broad SMARTS) is 1. The van der Waals surface area contributed by atoms with Gasteiger partial charge in [-0.1, -0.05) is 24.6 Å². The van der Waals surface area contributed by atoms with Crippen LogP contribution in [0.4, 0.5) is 5.69 Å². The number of carboxylic acids is 1. The van der Waals surface area contributed by atoms with Gasteiger partial charge in [-0.05, 0) is 31.4 Å². The molecule has 2 aliphatic rings. The summed E-state index contributed by atoms with van der Waals surface area (Å²) >= 11 is -2.17. The van der Waals surface area contributed by atoms with Crippen LogP contribution in [0, 0.1) is 12.3 Å². The predicted octanol–water partition coefficient (Wildman–Crippen LogP) is 1.92. The average Bonchev–Trinajstić information content (AvgIpc) is 2.51. The Morgan fingerprint density at radius 3 is 2.29 bits per heavy atom. The number of hydrogen-bond donors (Lipinski definition) is 2. The van der Waals surface area contributed by atoms with Gasteiger partial charge in [0.25, 0.3) is 0 Å². The lowest BCUT2D eigenvalue weighted by molar-refractivity contribution is -0.158. The van der Waals surface area contributed by atoms with Crippen LogP contribution in [0.3, 0.4) is 0 Å². The van der Waals surface area contributed by atoms with Crippen molar-refractivity contribution in [3.63, 3.8) is 0 Å². The van der Waals surface area contributed by atoms with Crippen molar-refractivity contribution in [3.05, 3.63) is 29.8 Å². The highest BCUT2D eigenvalue weighted by molar-refractivity contribution is 7.79. The van der Waals surface area contributed by atoms with Gasteiger partial charge in [-0.25, -0.2) is 4.21 Å². The van der Waals surface area contributed by atoms with E-state index in [2.05, 4.69) is 24.0 Å². The fraction of sp³-hybridized carbons (Fsp3) is 0.588. The van der Waals surface area contributed by atoms with Gasteiger partial charge < -0.3 is 14.6 Å². The molecular formula is C17H24N2O4S. The van der Waals surface area contributed by atoms with Crippen molar-refractivity contribution in [2.75, 3.05) is 31.1 Å².